The van der Waals surface area contributed by atoms with Gasteiger partial charge in [0.1, 0.15) is 0 Å². The molecular formula is C21H18ClN3O2. The van der Waals surface area contributed by atoms with Crippen LogP contribution in [0.4, 0.5) is 22.7 Å². The van der Waals surface area contributed by atoms with E-state index in [0.717, 1.165) is 0 Å². The van der Waals surface area contributed by atoms with Crippen LogP contribution in [0.2, 0.25) is 0 Å². The van der Waals surface area contributed by atoms with Gasteiger partial charge in [0.2, 0.25) is 0 Å². The summed E-state index contributed by atoms with van der Waals surface area (Å²) < 4.78 is 0. The molecule has 0 aromatic heterocycles. The van der Waals surface area contributed by atoms with Crippen LogP contribution in [0.25, 0.3) is 0 Å². The number of hydrogen-bond acceptors (Lipinski definition) is 3. The van der Waals surface area contributed by atoms with Gasteiger partial charge in [0.15, 0.2) is 6.04 Å². The second-order valence-electron chi connectivity index (χ2n) is 5.98. The molecule has 27 heavy (non-hydrogen) atoms. The van der Waals surface area contributed by atoms with Crippen molar-refractivity contribution in [2.75, 3.05) is 9.80 Å². The van der Waals surface area contributed by atoms with Crippen molar-refractivity contribution < 1.29 is 9.59 Å². The summed E-state index contributed by atoms with van der Waals surface area (Å²) in [5.41, 5.74) is 8.65. The first-order chi connectivity index (χ1) is 12.7. The van der Waals surface area contributed by atoms with E-state index in [1.165, 1.54) is 9.80 Å². The molecule has 2 N–H and O–H groups in total. The second kappa shape index (κ2) is 7.61. The molecule has 0 spiro atoms. The lowest BCUT2D eigenvalue weighted by Gasteiger charge is -2.25. The van der Waals surface area contributed by atoms with E-state index in [2.05, 4.69) is 0 Å². The Morgan fingerprint density at radius 1 is 0.593 bits per heavy atom. The van der Waals surface area contributed by atoms with Gasteiger partial charge in [-0.15, -0.1) is 12.4 Å². The molecule has 3 aromatic carbocycles. The normalized spacial score (nSPS) is 14.4. The fraction of sp³-hybridized carbons (Fsp3) is 0.0476. The molecule has 1 aliphatic heterocycles. The highest BCUT2D eigenvalue weighted by Crippen LogP contribution is 2.40. The minimum absolute atomic E-state index is 0. The maximum absolute atomic E-state index is 13.0. The number of benzene rings is 3. The van der Waals surface area contributed by atoms with Crippen LogP contribution in [0.1, 0.15) is 0 Å². The van der Waals surface area contributed by atoms with Crippen LogP contribution < -0.4 is 15.5 Å². The molecule has 0 radical (unpaired) electrons. The van der Waals surface area contributed by atoms with Gasteiger partial charge in [-0.3, -0.25) is 19.4 Å². The maximum Gasteiger partial charge on any atom is 0.258 e. The lowest BCUT2D eigenvalue weighted by atomic mass is 10.2. The van der Waals surface area contributed by atoms with Gasteiger partial charge < -0.3 is 5.73 Å². The van der Waals surface area contributed by atoms with E-state index in [9.17, 15) is 9.59 Å². The molecule has 1 heterocycles. The molecule has 0 saturated carbocycles. The van der Waals surface area contributed by atoms with Crippen LogP contribution in [-0.4, -0.2) is 17.9 Å². The van der Waals surface area contributed by atoms with Gasteiger partial charge in [-0.1, -0.05) is 48.5 Å². The molecule has 0 unspecified atom stereocenters. The summed E-state index contributed by atoms with van der Waals surface area (Å²) in [5, 5.41) is 0. The second-order valence-corrected chi connectivity index (χ2v) is 5.98. The zero-order valence-corrected chi connectivity index (χ0v) is 15.2. The molecule has 0 fully saturated rings. The zero-order chi connectivity index (χ0) is 18.1. The van der Waals surface area contributed by atoms with Crippen molar-refractivity contribution >= 4 is 47.0 Å². The largest absolute Gasteiger partial charge is 0.312 e. The van der Waals surface area contributed by atoms with Gasteiger partial charge in [-0.25, -0.2) is 0 Å². The van der Waals surface area contributed by atoms with Crippen LogP contribution in [0.5, 0.6) is 0 Å². The SMILES string of the molecule is Cl.NC1C(=O)N(c2ccccc2)c2ccccc2N(c2ccccc2)C1=O. The lowest BCUT2D eigenvalue weighted by molar-refractivity contribution is -0.127. The predicted octanol–water partition coefficient (Wildman–Crippen LogP) is 3.78. The van der Waals surface area contributed by atoms with E-state index >= 15 is 0 Å². The summed E-state index contributed by atoms with van der Waals surface area (Å²) in [7, 11) is 0. The topological polar surface area (TPSA) is 66.6 Å². The summed E-state index contributed by atoms with van der Waals surface area (Å²) >= 11 is 0. The smallest absolute Gasteiger partial charge is 0.258 e. The summed E-state index contributed by atoms with van der Waals surface area (Å²) in [4.78, 5) is 29.1. The van der Waals surface area contributed by atoms with Crippen molar-refractivity contribution in [3.05, 3.63) is 84.9 Å². The minimum Gasteiger partial charge on any atom is -0.312 e. The van der Waals surface area contributed by atoms with Crippen LogP contribution >= 0.6 is 12.4 Å². The Hall–Kier alpha value is -3.15. The number of amides is 2. The van der Waals surface area contributed by atoms with Gasteiger partial charge in [-0.2, -0.15) is 0 Å². The Bertz CT molecular complexity index is 885. The number of nitrogens with two attached hydrogens (primary N) is 1. The van der Waals surface area contributed by atoms with Gasteiger partial charge in [0, 0.05) is 11.4 Å². The molecular weight excluding hydrogens is 362 g/mol. The summed E-state index contributed by atoms with van der Waals surface area (Å²) in [5.74, 6) is -0.904. The molecule has 136 valence electrons. The quantitative estimate of drug-likeness (QED) is 0.689. The molecule has 4 rings (SSSR count). The highest BCUT2D eigenvalue weighted by Gasteiger charge is 2.39. The molecule has 0 atom stereocenters. The Balaban J connectivity index is 0.00000210. The van der Waals surface area contributed by atoms with Gasteiger partial charge in [0.25, 0.3) is 11.8 Å². The number of nitrogens with zero attached hydrogens (tertiary/aromatic N) is 2. The fourth-order valence-corrected chi connectivity index (χ4v) is 3.15. The Morgan fingerprint density at radius 3 is 1.30 bits per heavy atom. The molecule has 0 aliphatic carbocycles. The molecule has 0 saturated heterocycles. The number of carbonyl (C=O) groups is 2. The number of carbonyl (C=O) groups excluding carboxylic acids is 2. The van der Waals surface area contributed by atoms with E-state index < -0.39 is 17.9 Å². The Kier molecular flexibility index (Phi) is 5.26. The summed E-state index contributed by atoms with van der Waals surface area (Å²) in [6.07, 6.45) is 0. The lowest BCUT2D eigenvalue weighted by Crippen LogP contribution is -2.49. The number of anilines is 4. The van der Waals surface area contributed by atoms with Crippen molar-refractivity contribution in [1.82, 2.24) is 0 Å². The number of rotatable bonds is 2. The Labute approximate surface area is 163 Å². The number of hydrogen-bond donors (Lipinski definition) is 1. The van der Waals surface area contributed by atoms with E-state index in [1.807, 2.05) is 84.9 Å². The highest BCUT2D eigenvalue weighted by atomic mass is 35.5. The first-order valence-corrected chi connectivity index (χ1v) is 8.31. The van der Waals surface area contributed by atoms with Crippen LogP contribution in [0.3, 0.4) is 0 Å². The first kappa shape index (κ1) is 18.6. The van der Waals surface area contributed by atoms with Crippen molar-refractivity contribution in [2.45, 2.75) is 6.04 Å². The van der Waals surface area contributed by atoms with E-state index in [4.69, 9.17) is 5.73 Å². The van der Waals surface area contributed by atoms with Crippen molar-refractivity contribution in [2.24, 2.45) is 5.73 Å². The molecule has 5 nitrogen and oxygen atoms in total. The number of para-hydroxylation sites is 4. The molecule has 3 aromatic rings. The third kappa shape index (κ3) is 3.18. The molecule has 0 bridgehead atoms. The van der Waals surface area contributed by atoms with Crippen LogP contribution in [0, 0.1) is 0 Å². The van der Waals surface area contributed by atoms with E-state index in [-0.39, 0.29) is 12.4 Å². The third-order valence-corrected chi connectivity index (χ3v) is 4.37. The van der Waals surface area contributed by atoms with Crippen molar-refractivity contribution in [3.63, 3.8) is 0 Å². The molecule has 1 aliphatic rings. The fourth-order valence-electron chi connectivity index (χ4n) is 3.15. The molecule has 6 heteroatoms. The van der Waals surface area contributed by atoms with Gasteiger partial charge in [0.05, 0.1) is 11.4 Å². The van der Waals surface area contributed by atoms with Gasteiger partial charge in [-0.05, 0) is 36.4 Å². The maximum atomic E-state index is 13.0. The van der Waals surface area contributed by atoms with Crippen LogP contribution in [0.15, 0.2) is 84.9 Å². The average Bonchev–Trinajstić information content (AvgIpc) is 2.77. The monoisotopic (exact) mass is 379 g/mol. The Morgan fingerprint density at radius 2 is 0.926 bits per heavy atom. The molecule has 2 amide bonds. The van der Waals surface area contributed by atoms with Crippen molar-refractivity contribution in [1.29, 1.82) is 0 Å². The van der Waals surface area contributed by atoms with E-state index in [0.29, 0.717) is 22.7 Å². The standard InChI is InChI=1S/C21H17N3O2.ClH/c22-19-20(25)23(15-9-3-1-4-10-15)17-13-7-8-14-18(17)24(21(19)26)16-11-5-2-6-12-16;/h1-14,19H,22H2;1H. The van der Waals surface area contributed by atoms with Crippen LogP contribution in [-0.2, 0) is 9.59 Å². The highest BCUT2D eigenvalue weighted by molar-refractivity contribution is 6.24. The average molecular weight is 380 g/mol. The van der Waals surface area contributed by atoms with Crippen molar-refractivity contribution in [3.8, 4) is 0 Å². The third-order valence-electron chi connectivity index (χ3n) is 4.37. The first-order valence-electron chi connectivity index (χ1n) is 8.31. The van der Waals surface area contributed by atoms with Gasteiger partial charge >= 0.3 is 0 Å². The minimum atomic E-state index is -1.29. The summed E-state index contributed by atoms with van der Waals surface area (Å²) in [6.45, 7) is 0. The number of halogens is 1. The number of fused-ring (bicyclic) bond motifs is 1. The van der Waals surface area contributed by atoms with E-state index in [1.54, 1.807) is 0 Å². The zero-order valence-electron chi connectivity index (χ0n) is 14.4. The predicted molar refractivity (Wildman–Crippen MR) is 109 cm³/mol. The summed E-state index contributed by atoms with van der Waals surface area (Å²) in [6, 6.07) is 24.5.